The molecule has 362 valence electrons. The second kappa shape index (κ2) is 46.9. The number of esters is 2. The smallest absolute Gasteiger partial charge is 0.462 e. The number of hydrogen-bond donors (Lipinski definition) is 3. The zero-order chi connectivity index (χ0) is 45.5. The highest BCUT2D eigenvalue weighted by molar-refractivity contribution is 7.47. The number of unbranched alkanes of at least 4 members (excludes halogenated alkanes) is 25. The van der Waals surface area contributed by atoms with E-state index < -0.39 is 51.8 Å². The van der Waals surface area contributed by atoms with Crippen LogP contribution in [0.3, 0.4) is 0 Å². The number of allylic oxidation sites excluding steroid dienone is 8. The van der Waals surface area contributed by atoms with E-state index in [2.05, 4.69) is 56.4 Å². The van der Waals surface area contributed by atoms with Gasteiger partial charge >= 0.3 is 19.8 Å². The van der Waals surface area contributed by atoms with E-state index in [1.807, 2.05) is 6.08 Å². The first-order chi connectivity index (χ1) is 30.2. The SMILES string of the molecule is CCCCCCCCC/C=C/C/C=C/C/C=C/C/C=C/CCCC(=O)O[C@H](COC(=O)CCCCCCCCCCCCCCCCCCCC)COP(=O)(O)OC[C@@H](O)CO. The number of carbonyl (C=O) groups excluding carboxylic acids is 2. The summed E-state index contributed by atoms with van der Waals surface area (Å²) < 4.78 is 32.8. The molecule has 0 saturated carbocycles. The maximum Gasteiger partial charge on any atom is 0.472 e. The predicted octanol–water partition coefficient (Wildman–Crippen LogP) is 14.1. The standard InChI is InChI=1S/C51H93O10P/c1-3-5-7-9-11-13-15-17-19-21-23-24-25-27-29-31-33-35-37-39-41-43-51(55)61-49(47-60-62(56,57)59-45-48(53)44-52)46-58-50(54)42-40-38-36-34-32-30-28-26-22-20-18-16-14-12-10-8-6-4-2/h19,21,24-25,29,31,35,37,48-49,52-53H,3-18,20,22-23,26-28,30,32-34,36,38-47H2,1-2H3,(H,56,57)/b21-19+,25-24+,31-29+,37-35+/t48-,49+/m0/s1. The van der Waals surface area contributed by atoms with E-state index in [0.717, 1.165) is 38.5 Å². The third-order valence-electron chi connectivity index (χ3n) is 10.7. The minimum atomic E-state index is -4.64. The summed E-state index contributed by atoms with van der Waals surface area (Å²) in [4.78, 5) is 35.1. The van der Waals surface area contributed by atoms with Gasteiger partial charge in [-0.15, -0.1) is 0 Å². The minimum absolute atomic E-state index is 0.109. The third kappa shape index (κ3) is 45.9. The number of carbonyl (C=O) groups is 2. The zero-order valence-electron chi connectivity index (χ0n) is 39.6. The van der Waals surface area contributed by atoms with E-state index in [1.54, 1.807) is 0 Å². The van der Waals surface area contributed by atoms with Crippen LogP contribution in [0.5, 0.6) is 0 Å². The quantitative estimate of drug-likeness (QED) is 0.0233. The topological polar surface area (TPSA) is 149 Å². The van der Waals surface area contributed by atoms with Gasteiger partial charge in [0, 0.05) is 12.8 Å². The molecule has 10 nitrogen and oxygen atoms in total. The molecule has 0 aliphatic rings. The summed E-state index contributed by atoms with van der Waals surface area (Å²) >= 11 is 0. The third-order valence-corrected chi connectivity index (χ3v) is 11.7. The van der Waals surface area contributed by atoms with Crippen molar-refractivity contribution in [2.75, 3.05) is 26.4 Å². The average molecular weight is 897 g/mol. The first-order valence-corrected chi connectivity index (χ1v) is 26.6. The summed E-state index contributed by atoms with van der Waals surface area (Å²) in [5.41, 5.74) is 0. The van der Waals surface area contributed by atoms with Crippen molar-refractivity contribution in [2.45, 2.75) is 238 Å². The summed E-state index contributed by atoms with van der Waals surface area (Å²) in [5.74, 6) is -0.982. The second-order valence-electron chi connectivity index (χ2n) is 16.8. The Balaban J connectivity index is 4.29. The number of ether oxygens (including phenoxy) is 2. The van der Waals surface area contributed by atoms with Crippen LogP contribution in [-0.2, 0) is 32.7 Å². The number of rotatable bonds is 47. The molecule has 0 aromatic rings. The van der Waals surface area contributed by atoms with Crippen molar-refractivity contribution in [1.29, 1.82) is 0 Å². The van der Waals surface area contributed by atoms with Crippen LogP contribution in [0.25, 0.3) is 0 Å². The fourth-order valence-corrected chi connectivity index (χ4v) is 7.66. The van der Waals surface area contributed by atoms with Crippen molar-refractivity contribution in [2.24, 2.45) is 0 Å². The van der Waals surface area contributed by atoms with Gasteiger partial charge in [-0.1, -0.05) is 210 Å². The predicted molar refractivity (Wildman–Crippen MR) is 256 cm³/mol. The van der Waals surface area contributed by atoms with Gasteiger partial charge in [0.25, 0.3) is 0 Å². The van der Waals surface area contributed by atoms with Crippen molar-refractivity contribution < 1.29 is 47.8 Å². The fourth-order valence-electron chi connectivity index (χ4n) is 6.87. The average Bonchev–Trinajstić information content (AvgIpc) is 3.26. The Labute approximate surface area is 379 Å². The lowest BCUT2D eigenvalue weighted by molar-refractivity contribution is -0.161. The largest absolute Gasteiger partial charge is 0.472 e. The first-order valence-electron chi connectivity index (χ1n) is 25.1. The van der Waals surface area contributed by atoms with Gasteiger partial charge in [0.15, 0.2) is 6.10 Å². The molecule has 0 bridgehead atoms. The number of aliphatic hydroxyl groups is 2. The number of phosphoric ester groups is 1. The minimum Gasteiger partial charge on any atom is -0.462 e. The lowest BCUT2D eigenvalue weighted by atomic mass is 10.0. The monoisotopic (exact) mass is 897 g/mol. The fraction of sp³-hybridized carbons (Fsp3) is 0.804. The van der Waals surface area contributed by atoms with Crippen molar-refractivity contribution in [3.63, 3.8) is 0 Å². The molecule has 0 radical (unpaired) electrons. The Morgan fingerprint density at radius 3 is 1.31 bits per heavy atom. The van der Waals surface area contributed by atoms with Gasteiger partial charge in [-0.05, 0) is 51.4 Å². The summed E-state index contributed by atoms with van der Waals surface area (Å²) in [7, 11) is -4.64. The Morgan fingerprint density at radius 2 is 0.855 bits per heavy atom. The van der Waals surface area contributed by atoms with Crippen LogP contribution in [0, 0.1) is 0 Å². The van der Waals surface area contributed by atoms with Gasteiger partial charge in [-0.25, -0.2) is 4.57 Å². The maximum atomic E-state index is 12.6. The van der Waals surface area contributed by atoms with Gasteiger partial charge in [-0.3, -0.25) is 18.6 Å². The highest BCUT2D eigenvalue weighted by atomic mass is 31.2. The molecular weight excluding hydrogens is 804 g/mol. The molecule has 0 spiro atoms. The van der Waals surface area contributed by atoms with Crippen LogP contribution in [0.2, 0.25) is 0 Å². The van der Waals surface area contributed by atoms with Gasteiger partial charge in [0.2, 0.25) is 0 Å². The molecule has 62 heavy (non-hydrogen) atoms. The number of phosphoric acid groups is 1. The molecule has 0 aliphatic heterocycles. The Bertz CT molecular complexity index is 1170. The van der Waals surface area contributed by atoms with Crippen LogP contribution in [0.1, 0.15) is 226 Å². The lowest BCUT2D eigenvalue weighted by Gasteiger charge is -2.20. The summed E-state index contributed by atoms with van der Waals surface area (Å²) in [6, 6.07) is 0. The summed E-state index contributed by atoms with van der Waals surface area (Å²) in [6.07, 6.45) is 52.3. The Kier molecular flexibility index (Phi) is 45.3. The van der Waals surface area contributed by atoms with Crippen molar-refractivity contribution in [3.05, 3.63) is 48.6 Å². The highest BCUT2D eigenvalue weighted by Crippen LogP contribution is 2.43. The van der Waals surface area contributed by atoms with Gasteiger partial charge in [0.1, 0.15) is 12.7 Å². The summed E-state index contributed by atoms with van der Waals surface area (Å²) in [5, 5.41) is 18.4. The summed E-state index contributed by atoms with van der Waals surface area (Å²) in [6.45, 7) is 2.35. The molecule has 0 amide bonds. The highest BCUT2D eigenvalue weighted by Gasteiger charge is 2.27. The first kappa shape index (κ1) is 59.9. The van der Waals surface area contributed by atoms with E-state index >= 15 is 0 Å². The molecule has 0 heterocycles. The molecule has 0 saturated heterocycles. The van der Waals surface area contributed by atoms with Gasteiger partial charge < -0.3 is 24.6 Å². The molecule has 0 aromatic carbocycles. The van der Waals surface area contributed by atoms with E-state index in [1.165, 1.54) is 141 Å². The second-order valence-corrected chi connectivity index (χ2v) is 18.3. The van der Waals surface area contributed by atoms with Crippen LogP contribution in [0.4, 0.5) is 0 Å². The van der Waals surface area contributed by atoms with Gasteiger partial charge in [-0.2, -0.15) is 0 Å². The van der Waals surface area contributed by atoms with Crippen molar-refractivity contribution >= 4 is 19.8 Å². The molecule has 0 aromatic heterocycles. The zero-order valence-corrected chi connectivity index (χ0v) is 40.5. The van der Waals surface area contributed by atoms with Crippen LogP contribution in [-0.4, -0.2) is 65.7 Å². The van der Waals surface area contributed by atoms with Crippen LogP contribution >= 0.6 is 7.82 Å². The molecule has 0 aliphatic carbocycles. The van der Waals surface area contributed by atoms with E-state index in [-0.39, 0.29) is 19.4 Å². The van der Waals surface area contributed by atoms with Crippen molar-refractivity contribution in [1.82, 2.24) is 0 Å². The molecular formula is C51H93O10P. The van der Waals surface area contributed by atoms with E-state index in [0.29, 0.717) is 19.3 Å². The van der Waals surface area contributed by atoms with E-state index in [9.17, 15) is 24.2 Å². The van der Waals surface area contributed by atoms with E-state index in [4.69, 9.17) is 23.6 Å². The van der Waals surface area contributed by atoms with Crippen LogP contribution in [0.15, 0.2) is 48.6 Å². The number of aliphatic hydroxyl groups excluding tert-OH is 2. The van der Waals surface area contributed by atoms with Gasteiger partial charge in [0.05, 0.1) is 19.8 Å². The Hall–Kier alpha value is -2.07. The molecule has 3 atom stereocenters. The normalized spacial score (nSPS) is 14.1. The molecule has 3 N–H and O–H groups in total. The van der Waals surface area contributed by atoms with Crippen LogP contribution < -0.4 is 0 Å². The molecule has 11 heteroatoms. The molecule has 0 rings (SSSR count). The molecule has 1 unspecified atom stereocenters. The Morgan fingerprint density at radius 1 is 0.484 bits per heavy atom. The number of hydrogen-bond acceptors (Lipinski definition) is 9. The molecule has 0 fully saturated rings. The lowest BCUT2D eigenvalue weighted by Crippen LogP contribution is -2.29. The maximum absolute atomic E-state index is 12.6. The van der Waals surface area contributed by atoms with Crippen molar-refractivity contribution in [3.8, 4) is 0 Å².